The predicted octanol–water partition coefficient (Wildman–Crippen LogP) is 2.27. The van der Waals surface area contributed by atoms with Crippen molar-refractivity contribution < 1.29 is 4.74 Å². The highest BCUT2D eigenvalue weighted by molar-refractivity contribution is 4.87. The number of ether oxygens (including phenoxy) is 1. The minimum atomic E-state index is 0.716. The molecule has 18 heavy (non-hydrogen) atoms. The molecule has 2 rings (SSSR count). The lowest BCUT2D eigenvalue weighted by Gasteiger charge is -2.40. The van der Waals surface area contributed by atoms with Crippen molar-refractivity contribution >= 4 is 0 Å². The van der Waals surface area contributed by atoms with Gasteiger partial charge in [0.05, 0.1) is 0 Å². The minimum Gasteiger partial charge on any atom is -0.381 e. The fraction of sp³-hybridized carbons (Fsp3) is 1.00. The zero-order valence-electron chi connectivity index (χ0n) is 12.2. The van der Waals surface area contributed by atoms with E-state index in [1.807, 2.05) is 0 Å². The van der Waals surface area contributed by atoms with Gasteiger partial charge in [0.25, 0.3) is 0 Å². The van der Waals surface area contributed by atoms with E-state index in [1.165, 1.54) is 45.1 Å². The predicted molar refractivity (Wildman–Crippen MR) is 75.9 cm³/mol. The van der Waals surface area contributed by atoms with Crippen molar-refractivity contribution in [1.82, 2.24) is 10.2 Å². The number of hydrogen-bond donors (Lipinski definition) is 1. The Morgan fingerprint density at radius 3 is 2.56 bits per heavy atom. The fourth-order valence-corrected chi connectivity index (χ4v) is 3.61. The van der Waals surface area contributed by atoms with Crippen molar-refractivity contribution in [3.63, 3.8) is 0 Å². The molecule has 2 aliphatic rings. The van der Waals surface area contributed by atoms with Gasteiger partial charge in [-0.05, 0) is 45.2 Å². The van der Waals surface area contributed by atoms with Gasteiger partial charge >= 0.3 is 0 Å². The quantitative estimate of drug-likeness (QED) is 0.814. The molecule has 0 aromatic rings. The van der Waals surface area contributed by atoms with E-state index in [1.54, 1.807) is 0 Å². The van der Waals surface area contributed by atoms with E-state index >= 15 is 0 Å². The zero-order valence-corrected chi connectivity index (χ0v) is 12.2. The van der Waals surface area contributed by atoms with Crippen molar-refractivity contribution in [2.45, 2.75) is 57.5 Å². The molecule has 0 aromatic heterocycles. The first kappa shape index (κ1) is 14.3. The van der Waals surface area contributed by atoms with Crippen LogP contribution in [-0.2, 0) is 4.74 Å². The van der Waals surface area contributed by atoms with Crippen LogP contribution in [0.15, 0.2) is 0 Å². The normalized spacial score (nSPS) is 30.8. The lowest BCUT2D eigenvalue weighted by molar-refractivity contribution is 0.0433. The highest BCUT2D eigenvalue weighted by Gasteiger charge is 2.29. The molecule has 0 radical (unpaired) electrons. The third-order valence-corrected chi connectivity index (χ3v) is 4.65. The van der Waals surface area contributed by atoms with Crippen LogP contribution in [0.3, 0.4) is 0 Å². The maximum atomic E-state index is 5.46. The molecule has 0 aromatic carbocycles. The number of nitrogens with one attached hydrogen (secondary N) is 1. The molecule has 2 unspecified atom stereocenters. The molecule has 1 saturated carbocycles. The summed E-state index contributed by atoms with van der Waals surface area (Å²) < 4.78 is 5.46. The van der Waals surface area contributed by atoms with Gasteiger partial charge in [-0.15, -0.1) is 0 Å². The highest BCUT2D eigenvalue weighted by atomic mass is 16.5. The van der Waals surface area contributed by atoms with E-state index in [0.29, 0.717) is 6.04 Å². The average molecular weight is 254 g/mol. The smallest absolute Gasteiger partial charge is 0.0469 e. The third-order valence-electron chi connectivity index (χ3n) is 4.65. The summed E-state index contributed by atoms with van der Waals surface area (Å²) in [6, 6.07) is 1.47. The molecule has 1 aliphatic carbocycles. The van der Waals surface area contributed by atoms with Crippen LogP contribution >= 0.6 is 0 Å². The van der Waals surface area contributed by atoms with E-state index in [9.17, 15) is 0 Å². The Hall–Kier alpha value is -0.120. The van der Waals surface area contributed by atoms with E-state index in [-0.39, 0.29) is 0 Å². The molecule has 2 fully saturated rings. The highest BCUT2D eigenvalue weighted by Crippen LogP contribution is 2.25. The Morgan fingerprint density at radius 1 is 1.11 bits per heavy atom. The van der Waals surface area contributed by atoms with Crippen LogP contribution < -0.4 is 5.32 Å². The lowest BCUT2D eigenvalue weighted by Crippen LogP contribution is -2.51. The van der Waals surface area contributed by atoms with Crippen molar-refractivity contribution in [2.75, 3.05) is 33.4 Å². The summed E-state index contributed by atoms with van der Waals surface area (Å²) in [5.74, 6) is 0.855. The molecule has 1 saturated heterocycles. The summed E-state index contributed by atoms with van der Waals surface area (Å²) in [6.45, 7) is 6.53. The van der Waals surface area contributed by atoms with E-state index in [2.05, 4.69) is 24.2 Å². The zero-order chi connectivity index (χ0) is 12.8. The van der Waals surface area contributed by atoms with Crippen LogP contribution in [-0.4, -0.2) is 50.3 Å². The van der Waals surface area contributed by atoms with Gasteiger partial charge in [0.1, 0.15) is 0 Å². The standard InChI is InChI=1S/C15H30N2O/c1-3-16-14-6-4-5-7-15(14)17(2)12-13-8-10-18-11-9-13/h13-16H,3-12H2,1-2H3. The van der Waals surface area contributed by atoms with Gasteiger partial charge in [-0.1, -0.05) is 19.8 Å². The van der Waals surface area contributed by atoms with Gasteiger partial charge in [0, 0.05) is 31.8 Å². The first-order valence-corrected chi connectivity index (χ1v) is 7.82. The van der Waals surface area contributed by atoms with Gasteiger partial charge in [-0.2, -0.15) is 0 Å². The summed E-state index contributed by atoms with van der Waals surface area (Å²) in [5, 5.41) is 3.69. The fourth-order valence-electron chi connectivity index (χ4n) is 3.61. The van der Waals surface area contributed by atoms with Gasteiger partial charge in [-0.3, -0.25) is 0 Å². The van der Waals surface area contributed by atoms with Crippen molar-refractivity contribution in [3.8, 4) is 0 Å². The Labute approximate surface area is 112 Å². The minimum absolute atomic E-state index is 0.716. The summed E-state index contributed by atoms with van der Waals surface area (Å²) in [4.78, 5) is 2.63. The van der Waals surface area contributed by atoms with Crippen LogP contribution in [0.2, 0.25) is 0 Å². The van der Waals surface area contributed by atoms with Crippen LogP contribution in [0.25, 0.3) is 0 Å². The Morgan fingerprint density at radius 2 is 1.83 bits per heavy atom. The second-order valence-corrected chi connectivity index (χ2v) is 6.01. The Balaban J connectivity index is 1.82. The molecular weight excluding hydrogens is 224 g/mol. The van der Waals surface area contributed by atoms with Gasteiger partial charge in [0.2, 0.25) is 0 Å². The van der Waals surface area contributed by atoms with Crippen LogP contribution in [0.5, 0.6) is 0 Å². The topological polar surface area (TPSA) is 24.5 Å². The van der Waals surface area contributed by atoms with Crippen LogP contribution in [0, 0.1) is 5.92 Å². The summed E-state index contributed by atoms with van der Waals surface area (Å²) in [6.07, 6.45) is 8.05. The van der Waals surface area contributed by atoms with Gasteiger partial charge in [0.15, 0.2) is 0 Å². The molecule has 1 heterocycles. The molecule has 3 heteroatoms. The summed E-state index contributed by atoms with van der Waals surface area (Å²) in [5.41, 5.74) is 0. The molecule has 1 N–H and O–H groups in total. The first-order valence-electron chi connectivity index (χ1n) is 7.82. The van der Waals surface area contributed by atoms with E-state index in [0.717, 1.165) is 31.7 Å². The molecule has 3 nitrogen and oxygen atoms in total. The number of nitrogens with zero attached hydrogens (tertiary/aromatic N) is 1. The summed E-state index contributed by atoms with van der Waals surface area (Å²) >= 11 is 0. The Bertz CT molecular complexity index is 227. The second kappa shape index (κ2) is 7.46. The van der Waals surface area contributed by atoms with Gasteiger partial charge < -0.3 is 15.0 Å². The van der Waals surface area contributed by atoms with Crippen LogP contribution in [0.4, 0.5) is 0 Å². The van der Waals surface area contributed by atoms with Gasteiger partial charge in [-0.25, -0.2) is 0 Å². The van der Waals surface area contributed by atoms with Crippen molar-refractivity contribution in [1.29, 1.82) is 0 Å². The number of likely N-dealkylation sites (N-methyl/N-ethyl adjacent to an activating group) is 2. The number of rotatable bonds is 5. The molecule has 0 amide bonds. The lowest BCUT2D eigenvalue weighted by atomic mass is 9.88. The van der Waals surface area contributed by atoms with Crippen molar-refractivity contribution in [3.05, 3.63) is 0 Å². The molecule has 106 valence electrons. The molecular formula is C15H30N2O. The molecule has 1 aliphatic heterocycles. The number of hydrogen-bond acceptors (Lipinski definition) is 3. The van der Waals surface area contributed by atoms with E-state index < -0.39 is 0 Å². The SMILES string of the molecule is CCNC1CCCCC1N(C)CC1CCOCC1. The molecule has 0 bridgehead atoms. The molecule has 0 spiro atoms. The van der Waals surface area contributed by atoms with Crippen molar-refractivity contribution in [2.24, 2.45) is 5.92 Å². The van der Waals surface area contributed by atoms with Crippen LogP contribution in [0.1, 0.15) is 45.4 Å². The molecule has 2 atom stereocenters. The average Bonchev–Trinajstić information content (AvgIpc) is 2.41. The largest absolute Gasteiger partial charge is 0.381 e. The Kier molecular flexibility index (Phi) is 5.93. The maximum Gasteiger partial charge on any atom is 0.0469 e. The maximum absolute atomic E-state index is 5.46. The second-order valence-electron chi connectivity index (χ2n) is 6.01. The summed E-state index contributed by atoms with van der Waals surface area (Å²) in [7, 11) is 2.33. The third kappa shape index (κ3) is 3.94. The monoisotopic (exact) mass is 254 g/mol. The first-order chi connectivity index (χ1) is 8.81. The van der Waals surface area contributed by atoms with E-state index in [4.69, 9.17) is 4.74 Å².